The molecule has 0 unspecified atom stereocenters. The number of nitrogens with zero attached hydrogens (tertiary/aromatic N) is 2. The fourth-order valence-corrected chi connectivity index (χ4v) is 1.87. The molecule has 0 spiro atoms. The minimum absolute atomic E-state index is 0.451. The van der Waals surface area contributed by atoms with Gasteiger partial charge in [-0.15, -0.1) is 0 Å². The van der Waals surface area contributed by atoms with E-state index in [4.69, 9.17) is 14.0 Å². The Morgan fingerprint density at radius 2 is 2.06 bits per heavy atom. The molecule has 1 aliphatic heterocycles. The Balaban J connectivity index is 2.13. The molecule has 0 saturated carbocycles. The summed E-state index contributed by atoms with van der Waals surface area (Å²) in [7, 11) is 0. The summed E-state index contributed by atoms with van der Waals surface area (Å²) >= 11 is 2.00. The normalized spacial score (nSPS) is 13.8. The van der Waals surface area contributed by atoms with E-state index in [1.54, 1.807) is 0 Å². The molecule has 82 valence electrons. The van der Waals surface area contributed by atoms with E-state index >= 15 is 0 Å². The van der Waals surface area contributed by atoms with Crippen LogP contribution >= 0.6 is 22.6 Å². The lowest BCUT2D eigenvalue weighted by Gasteiger charge is -2.19. The smallest absolute Gasteiger partial charge is 0.262 e. The van der Waals surface area contributed by atoms with E-state index in [0.717, 1.165) is 11.3 Å². The number of hydrogen-bond donors (Lipinski definition) is 0. The Morgan fingerprint density at radius 3 is 2.88 bits per heavy atom. The zero-order chi connectivity index (χ0) is 11.0. The van der Waals surface area contributed by atoms with Gasteiger partial charge in [-0.3, -0.25) is 0 Å². The highest BCUT2D eigenvalue weighted by molar-refractivity contribution is 14.1. The molecule has 1 aromatic carbocycles. The van der Waals surface area contributed by atoms with Crippen molar-refractivity contribution in [2.45, 2.75) is 0 Å². The Bertz CT molecular complexity index is 527. The molecule has 5 nitrogen and oxygen atoms in total. The Morgan fingerprint density at radius 1 is 1.19 bits per heavy atom. The molecule has 0 fully saturated rings. The van der Waals surface area contributed by atoms with Crippen LogP contribution in [0.2, 0.25) is 0 Å². The van der Waals surface area contributed by atoms with Crippen molar-refractivity contribution < 1.29 is 14.0 Å². The standard InChI is InChI=1S/C10H7IN2O3/c11-10-12-9(16-13-10)6-2-1-3-7-8(6)15-5-4-14-7/h1-3H,4-5H2. The summed E-state index contributed by atoms with van der Waals surface area (Å²) in [4.78, 5) is 4.16. The van der Waals surface area contributed by atoms with E-state index < -0.39 is 0 Å². The van der Waals surface area contributed by atoms with E-state index in [-0.39, 0.29) is 0 Å². The van der Waals surface area contributed by atoms with Gasteiger partial charge in [0.1, 0.15) is 13.2 Å². The monoisotopic (exact) mass is 330 g/mol. The fraction of sp³-hybridized carbons (Fsp3) is 0.200. The lowest BCUT2D eigenvalue weighted by Crippen LogP contribution is -2.15. The van der Waals surface area contributed by atoms with Crippen molar-refractivity contribution >= 4 is 22.6 Å². The van der Waals surface area contributed by atoms with Crippen molar-refractivity contribution in [2.75, 3.05) is 13.2 Å². The van der Waals surface area contributed by atoms with Crippen LogP contribution in [0.5, 0.6) is 11.5 Å². The lowest BCUT2D eigenvalue weighted by molar-refractivity contribution is 0.172. The quantitative estimate of drug-likeness (QED) is 0.750. The SMILES string of the molecule is Ic1noc(-c2cccc3c2OCCO3)n1. The predicted molar refractivity (Wildman–Crippen MR) is 63.4 cm³/mol. The molecule has 0 atom stereocenters. The molecular formula is C10H7IN2O3. The maximum Gasteiger partial charge on any atom is 0.262 e. The Hall–Kier alpha value is -1.31. The molecule has 1 aromatic heterocycles. The molecule has 6 heteroatoms. The number of halogens is 1. The Labute approximate surface area is 105 Å². The number of benzene rings is 1. The van der Waals surface area contributed by atoms with E-state index in [1.807, 2.05) is 40.8 Å². The van der Waals surface area contributed by atoms with Crippen LogP contribution < -0.4 is 9.47 Å². The van der Waals surface area contributed by atoms with Crippen LogP contribution in [0.15, 0.2) is 22.7 Å². The molecular weight excluding hydrogens is 323 g/mol. The summed E-state index contributed by atoms with van der Waals surface area (Å²) in [5.41, 5.74) is 0.771. The molecule has 0 amide bonds. The van der Waals surface area contributed by atoms with Gasteiger partial charge in [-0.2, -0.15) is 4.98 Å². The summed E-state index contributed by atoms with van der Waals surface area (Å²) in [5.74, 6) is 1.84. The fourth-order valence-electron chi connectivity index (χ4n) is 1.56. The summed E-state index contributed by atoms with van der Waals surface area (Å²) < 4.78 is 16.7. The molecule has 16 heavy (non-hydrogen) atoms. The highest BCUT2D eigenvalue weighted by Gasteiger charge is 2.20. The zero-order valence-electron chi connectivity index (χ0n) is 8.14. The maximum atomic E-state index is 5.56. The van der Waals surface area contributed by atoms with E-state index in [2.05, 4.69) is 10.1 Å². The Kier molecular flexibility index (Phi) is 2.43. The van der Waals surface area contributed by atoms with Crippen molar-refractivity contribution in [1.29, 1.82) is 0 Å². The van der Waals surface area contributed by atoms with Gasteiger partial charge in [-0.1, -0.05) is 11.2 Å². The van der Waals surface area contributed by atoms with Crippen LogP contribution in [0.3, 0.4) is 0 Å². The number of rotatable bonds is 1. The third kappa shape index (κ3) is 1.62. The highest BCUT2D eigenvalue weighted by atomic mass is 127. The summed E-state index contributed by atoms with van der Waals surface area (Å²) in [6.07, 6.45) is 0. The molecule has 3 rings (SSSR count). The first kappa shape index (κ1) is 9.88. The molecule has 2 heterocycles. The number of aromatic nitrogens is 2. The highest BCUT2D eigenvalue weighted by Crippen LogP contribution is 2.38. The molecule has 0 aliphatic carbocycles. The van der Waals surface area contributed by atoms with Crippen molar-refractivity contribution in [3.05, 3.63) is 22.0 Å². The third-order valence-electron chi connectivity index (χ3n) is 2.20. The van der Waals surface area contributed by atoms with Gasteiger partial charge in [0.2, 0.25) is 3.83 Å². The van der Waals surface area contributed by atoms with Gasteiger partial charge in [0.25, 0.3) is 5.89 Å². The van der Waals surface area contributed by atoms with Crippen molar-refractivity contribution in [1.82, 2.24) is 10.1 Å². The van der Waals surface area contributed by atoms with Crippen LogP contribution in [0.25, 0.3) is 11.5 Å². The number of fused-ring (bicyclic) bond motifs is 1. The second-order valence-electron chi connectivity index (χ2n) is 3.20. The van der Waals surface area contributed by atoms with Gasteiger partial charge in [0.15, 0.2) is 11.5 Å². The predicted octanol–water partition coefficient (Wildman–Crippen LogP) is 2.11. The van der Waals surface area contributed by atoms with Crippen molar-refractivity contribution in [2.24, 2.45) is 0 Å². The average molecular weight is 330 g/mol. The number of ether oxygens (including phenoxy) is 2. The van der Waals surface area contributed by atoms with E-state index in [9.17, 15) is 0 Å². The summed E-state index contributed by atoms with van der Waals surface area (Å²) in [6, 6.07) is 5.61. The van der Waals surface area contributed by atoms with Gasteiger partial charge >= 0.3 is 0 Å². The average Bonchev–Trinajstić information content (AvgIpc) is 2.75. The third-order valence-corrected chi connectivity index (χ3v) is 2.64. The first-order chi connectivity index (χ1) is 7.84. The molecule has 0 saturated heterocycles. The second kappa shape index (κ2) is 3.93. The van der Waals surface area contributed by atoms with Gasteiger partial charge in [0.05, 0.1) is 5.56 Å². The van der Waals surface area contributed by atoms with Gasteiger partial charge < -0.3 is 14.0 Å². The van der Waals surface area contributed by atoms with Gasteiger partial charge in [-0.05, 0) is 12.1 Å². The van der Waals surface area contributed by atoms with E-state index in [1.165, 1.54) is 0 Å². The number of hydrogen-bond acceptors (Lipinski definition) is 5. The second-order valence-corrected chi connectivity index (χ2v) is 4.16. The lowest BCUT2D eigenvalue weighted by atomic mass is 10.2. The molecule has 2 aromatic rings. The summed E-state index contributed by atoms with van der Waals surface area (Å²) in [6.45, 7) is 1.10. The summed E-state index contributed by atoms with van der Waals surface area (Å²) in [5, 5.41) is 3.75. The molecule has 0 N–H and O–H groups in total. The topological polar surface area (TPSA) is 57.4 Å². The van der Waals surface area contributed by atoms with Crippen LogP contribution in [-0.2, 0) is 0 Å². The maximum absolute atomic E-state index is 5.56. The van der Waals surface area contributed by atoms with Crippen molar-refractivity contribution in [3.8, 4) is 23.0 Å². The van der Waals surface area contributed by atoms with Gasteiger partial charge in [-0.25, -0.2) is 0 Å². The van der Waals surface area contributed by atoms with Crippen LogP contribution in [0, 0.1) is 3.83 Å². The first-order valence-electron chi connectivity index (χ1n) is 4.73. The van der Waals surface area contributed by atoms with Crippen molar-refractivity contribution in [3.63, 3.8) is 0 Å². The van der Waals surface area contributed by atoms with Crippen LogP contribution in [-0.4, -0.2) is 23.4 Å². The van der Waals surface area contributed by atoms with E-state index in [0.29, 0.717) is 28.7 Å². The van der Waals surface area contributed by atoms with Crippen LogP contribution in [0.1, 0.15) is 0 Å². The molecule has 0 radical (unpaired) electrons. The van der Waals surface area contributed by atoms with Crippen LogP contribution in [0.4, 0.5) is 0 Å². The minimum Gasteiger partial charge on any atom is -0.486 e. The van der Waals surface area contributed by atoms with Gasteiger partial charge in [0, 0.05) is 22.6 Å². The minimum atomic E-state index is 0.451. The number of para-hydroxylation sites is 1. The zero-order valence-corrected chi connectivity index (χ0v) is 10.3. The molecule has 0 bridgehead atoms. The first-order valence-corrected chi connectivity index (χ1v) is 5.80. The largest absolute Gasteiger partial charge is 0.486 e. The molecule has 1 aliphatic rings.